The Balaban J connectivity index is 0.00000176. The fourth-order valence-corrected chi connectivity index (χ4v) is 4.11. The van der Waals surface area contributed by atoms with E-state index in [4.69, 9.17) is 5.73 Å². The first kappa shape index (κ1) is 17.3. The molecule has 4 atom stereocenters. The Kier molecular flexibility index (Phi) is 5.87. The van der Waals surface area contributed by atoms with Crippen molar-refractivity contribution in [1.29, 1.82) is 0 Å². The average Bonchev–Trinajstić information content (AvgIpc) is 3.08. The molecule has 0 saturated heterocycles. The summed E-state index contributed by atoms with van der Waals surface area (Å²) >= 11 is 0. The van der Waals surface area contributed by atoms with Gasteiger partial charge >= 0.3 is 0 Å². The van der Waals surface area contributed by atoms with Crippen LogP contribution in [0.25, 0.3) is 0 Å². The van der Waals surface area contributed by atoms with Gasteiger partial charge in [-0.3, -0.25) is 4.79 Å². The summed E-state index contributed by atoms with van der Waals surface area (Å²) in [7, 11) is 0. The van der Waals surface area contributed by atoms with Crippen LogP contribution in [0.4, 0.5) is 0 Å². The second-order valence-corrected chi connectivity index (χ2v) is 6.65. The molecule has 22 heavy (non-hydrogen) atoms. The van der Waals surface area contributed by atoms with Gasteiger partial charge in [-0.1, -0.05) is 31.2 Å². The van der Waals surface area contributed by atoms with Crippen molar-refractivity contribution in [1.82, 2.24) is 5.32 Å². The number of amides is 1. The fourth-order valence-electron chi connectivity index (χ4n) is 4.11. The highest BCUT2D eigenvalue weighted by atomic mass is 35.5. The summed E-state index contributed by atoms with van der Waals surface area (Å²) < 4.78 is 0. The molecule has 3 nitrogen and oxygen atoms in total. The molecule has 1 aromatic rings. The maximum absolute atomic E-state index is 12.3. The van der Waals surface area contributed by atoms with Gasteiger partial charge in [-0.15, -0.1) is 12.4 Å². The van der Waals surface area contributed by atoms with E-state index in [1.807, 2.05) is 0 Å². The number of halogens is 1. The average molecular weight is 323 g/mol. The van der Waals surface area contributed by atoms with Gasteiger partial charge in [0.05, 0.1) is 5.92 Å². The van der Waals surface area contributed by atoms with E-state index in [0.717, 1.165) is 19.3 Å². The van der Waals surface area contributed by atoms with E-state index in [-0.39, 0.29) is 30.3 Å². The lowest BCUT2D eigenvalue weighted by Gasteiger charge is -2.27. The standard InChI is InChI=1S/C18H26N2O.ClH/c1-2-12-3-5-13(6-4-12)9-10-20-18(21)16-14-7-8-15(11-14)17(16)19;/h3-6,14-17H,2,7-11,19H2,1H3,(H,20,21);1H. The van der Waals surface area contributed by atoms with Crippen LogP contribution in [-0.2, 0) is 17.6 Å². The maximum atomic E-state index is 12.3. The SMILES string of the molecule is CCc1ccc(CCNC(=O)C2C3CCC(C3)C2N)cc1.Cl. The fraction of sp³-hybridized carbons (Fsp3) is 0.611. The highest BCUT2D eigenvalue weighted by Crippen LogP contribution is 2.47. The monoisotopic (exact) mass is 322 g/mol. The topological polar surface area (TPSA) is 55.1 Å². The summed E-state index contributed by atoms with van der Waals surface area (Å²) in [6.45, 7) is 2.87. The molecule has 4 unspecified atom stereocenters. The quantitative estimate of drug-likeness (QED) is 0.875. The van der Waals surface area contributed by atoms with Crippen LogP contribution in [0, 0.1) is 17.8 Å². The van der Waals surface area contributed by atoms with Crippen molar-refractivity contribution < 1.29 is 4.79 Å². The molecule has 2 fully saturated rings. The third kappa shape index (κ3) is 3.47. The Bertz CT molecular complexity index is 500. The molecule has 122 valence electrons. The van der Waals surface area contributed by atoms with Crippen LogP contribution in [0.1, 0.15) is 37.3 Å². The van der Waals surface area contributed by atoms with Crippen molar-refractivity contribution in [2.24, 2.45) is 23.5 Å². The molecule has 0 heterocycles. The Hall–Kier alpha value is -1.06. The van der Waals surface area contributed by atoms with Crippen LogP contribution in [0.2, 0.25) is 0 Å². The van der Waals surface area contributed by atoms with Gasteiger partial charge in [0.2, 0.25) is 5.91 Å². The lowest BCUT2D eigenvalue weighted by molar-refractivity contribution is -0.127. The third-order valence-corrected chi connectivity index (χ3v) is 5.43. The molecule has 1 aromatic carbocycles. The predicted octanol–water partition coefficient (Wildman–Crippen LogP) is 2.70. The molecule has 4 heteroatoms. The number of aryl methyl sites for hydroxylation is 1. The zero-order chi connectivity index (χ0) is 14.8. The van der Waals surface area contributed by atoms with Crippen molar-refractivity contribution >= 4 is 18.3 Å². The molecule has 0 spiro atoms. The van der Waals surface area contributed by atoms with E-state index in [9.17, 15) is 4.79 Å². The van der Waals surface area contributed by atoms with Crippen molar-refractivity contribution in [3.63, 3.8) is 0 Å². The largest absolute Gasteiger partial charge is 0.355 e. The molecule has 0 aromatic heterocycles. The van der Waals surface area contributed by atoms with Crippen LogP contribution < -0.4 is 11.1 Å². The number of fused-ring (bicyclic) bond motifs is 2. The number of hydrogen-bond acceptors (Lipinski definition) is 2. The molecule has 0 aliphatic heterocycles. The van der Waals surface area contributed by atoms with Gasteiger partial charge in [-0.25, -0.2) is 0 Å². The second kappa shape index (κ2) is 7.47. The van der Waals surface area contributed by atoms with Gasteiger partial charge in [0, 0.05) is 12.6 Å². The van der Waals surface area contributed by atoms with Crippen molar-refractivity contribution in [3.05, 3.63) is 35.4 Å². The Morgan fingerprint density at radius 3 is 2.41 bits per heavy atom. The summed E-state index contributed by atoms with van der Waals surface area (Å²) in [4.78, 5) is 12.3. The number of hydrogen-bond donors (Lipinski definition) is 2. The number of carbonyl (C=O) groups is 1. The van der Waals surface area contributed by atoms with E-state index < -0.39 is 0 Å². The van der Waals surface area contributed by atoms with E-state index >= 15 is 0 Å². The molecule has 0 radical (unpaired) electrons. The van der Waals surface area contributed by atoms with Crippen LogP contribution in [-0.4, -0.2) is 18.5 Å². The third-order valence-electron chi connectivity index (χ3n) is 5.43. The van der Waals surface area contributed by atoms with E-state index in [1.54, 1.807) is 0 Å². The lowest BCUT2D eigenvalue weighted by atomic mass is 9.84. The summed E-state index contributed by atoms with van der Waals surface area (Å²) in [6.07, 6.45) is 5.54. The molecule has 3 rings (SSSR count). The van der Waals surface area contributed by atoms with Gasteiger partial charge < -0.3 is 11.1 Å². The van der Waals surface area contributed by atoms with Gasteiger partial charge in [0.15, 0.2) is 0 Å². The van der Waals surface area contributed by atoms with Crippen LogP contribution >= 0.6 is 12.4 Å². The Morgan fingerprint density at radius 2 is 1.82 bits per heavy atom. The number of carbonyl (C=O) groups excluding carboxylic acids is 1. The highest BCUT2D eigenvalue weighted by Gasteiger charge is 2.48. The van der Waals surface area contributed by atoms with Gasteiger partial charge in [0.25, 0.3) is 0 Å². The number of benzene rings is 1. The first-order valence-electron chi connectivity index (χ1n) is 8.30. The van der Waals surface area contributed by atoms with Gasteiger partial charge in [-0.05, 0) is 55.1 Å². The van der Waals surface area contributed by atoms with E-state index in [0.29, 0.717) is 18.4 Å². The van der Waals surface area contributed by atoms with E-state index in [1.165, 1.54) is 24.0 Å². The lowest BCUT2D eigenvalue weighted by Crippen LogP contribution is -2.45. The first-order chi connectivity index (χ1) is 10.2. The predicted molar refractivity (Wildman–Crippen MR) is 92.1 cm³/mol. The van der Waals surface area contributed by atoms with Gasteiger partial charge in [0.1, 0.15) is 0 Å². The van der Waals surface area contributed by atoms with Crippen molar-refractivity contribution in [2.75, 3.05) is 6.54 Å². The van der Waals surface area contributed by atoms with E-state index in [2.05, 4.69) is 36.5 Å². The minimum atomic E-state index is 0. The molecule has 2 bridgehead atoms. The minimum absolute atomic E-state index is 0. The highest BCUT2D eigenvalue weighted by molar-refractivity contribution is 5.85. The minimum Gasteiger partial charge on any atom is -0.355 e. The summed E-state index contributed by atoms with van der Waals surface area (Å²) in [6, 6.07) is 8.75. The summed E-state index contributed by atoms with van der Waals surface area (Å²) in [5, 5.41) is 3.10. The molecule has 3 N–H and O–H groups in total. The maximum Gasteiger partial charge on any atom is 0.224 e. The Morgan fingerprint density at radius 1 is 1.18 bits per heavy atom. The molecule has 1 amide bonds. The number of rotatable bonds is 5. The molecule has 2 aliphatic carbocycles. The molecular weight excluding hydrogens is 296 g/mol. The summed E-state index contributed by atoms with van der Waals surface area (Å²) in [5.74, 6) is 1.37. The number of nitrogens with one attached hydrogen (secondary N) is 1. The zero-order valence-corrected chi connectivity index (χ0v) is 14.1. The molecule has 2 saturated carbocycles. The number of nitrogens with two attached hydrogens (primary N) is 1. The van der Waals surface area contributed by atoms with Crippen LogP contribution in [0.3, 0.4) is 0 Å². The van der Waals surface area contributed by atoms with Crippen LogP contribution in [0.5, 0.6) is 0 Å². The molecule has 2 aliphatic rings. The van der Waals surface area contributed by atoms with Gasteiger partial charge in [-0.2, -0.15) is 0 Å². The zero-order valence-electron chi connectivity index (χ0n) is 13.3. The molecular formula is C18H27ClN2O. The van der Waals surface area contributed by atoms with Crippen LogP contribution in [0.15, 0.2) is 24.3 Å². The first-order valence-corrected chi connectivity index (χ1v) is 8.30. The van der Waals surface area contributed by atoms with Crippen molar-refractivity contribution in [3.8, 4) is 0 Å². The normalized spacial score (nSPS) is 29.2. The second-order valence-electron chi connectivity index (χ2n) is 6.65. The van der Waals surface area contributed by atoms with Crippen molar-refractivity contribution in [2.45, 2.75) is 45.1 Å². The summed E-state index contributed by atoms with van der Waals surface area (Å²) in [5.41, 5.74) is 8.86. The Labute approximate surface area is 139 Å². The smallest absolute Gasteiger partial charge is 0.224 e.